The average molecular weight is 423 g/mol. The van der Waals surface area contributed by atoms with Crippen LogP contribution in [0.1, 0.15) is 42.7 Å². The van der Waals surface area contributed by atoms with Crippen LogP contribution in [0.15, 0.2) is 64.1 Å². The van der Waals surface area contributed by atoms with Crippen LogP contribution in [0.3, 0.4) is 0 Å². The Labute approximate surface area is 181 Å². The van der Waals surface area contributed by atoms with Crippen molar-refractivity contribution in [3.05, 3.63) is 77.4 Å². The van der Waals surface area contributed by atoms with E-state index in [0.29, 0.717) is 43.2 Å². The monoisotopic (exact) mass is 422 g/mol. The van der Waals surface area contributed by atoms with Crippen LogP contribution in [0.4, 0.5) is 4.39 Å². The summed E-state index contributed by atoms with van der Waals surface area (Å²) in [5.41, 5.74) is 9.04. The number of nitrogens with two attached hydrogens (primary N) is 1. The highest BCUT2D eigenvalue weighted by Gasteiger charge is 2.19. The summed E-state index contributed by atoms with van der Waals surface area (Å²) in [5, 5.41) is 13.8. The second-order valence-electron chi connectivity index (χ2n) is 7.94. The minimum absolute atomic E-state index is 0.123. The van der Waals surface area contributed by atoms with E-state index in [2.05, 4.69) is 10.1 Å². The van der Waals surface area contributed by atoms with E-state index in [0.717, 1.165) is 16.8 Å². The Bertz CT molecular complexity index is 1040. The van der Waals surface area contributed by atoms with Gasteiger partial charge in [0.25, 0.3) is 0 Å². The molecule has 0 bridgehead atoms. The van der Waals surface area contributed by atoms with Gasteiger partial charge in [-0.25, -0.2) is 9.38 Å². The van der Waals surface area contributed by atoms with Gasteiger partial charge in [-0.3, -0.25) is 0 Å². The summed E-state index contributed by atoms with van der Waals surface area (Å²) in [7, 11) is 0. The Kier molecular flexibility index (Phi) is 6.32. The quantitative estimate of drug-likeness (QED) is 0.481. The fraction of sp³-hybridized carbons (Fsp3) is 0.333. The van der Waals surface area contributed by atoms with E-state index in [1.54, 1.807) is 12.1 Å². The van der Waals surface area contributed by atoms with Crippen LogP contribution < -0.4 is 5.73 Å². The molecule has 1 fully saturated rings. The highest BCUT2D eigenvalue weighted by Crippen LogP contribution is 2.29. The lowest BCUT2D eigenvalue weighted by Gasteiger charge is -2.30. The van der Waals surface area contributed by atoms with Gasteiger partial charge in [0, 0.05) is 30.6 Å². The molecule has 3 aromatic rings. The topological polar surface area (TPSA) is 87.9 Å². The summed E-state index contributed by atoms with van der Waals surface area (Å²) >= 11 is 0. The van der Waals surface area contributed by atoms with Crippen LogP contribution in [0.5, 0.6) is 0 Å². The molecule has 1 aliphatic rings. The Hall–Kier alpha value is -3.19. The van der Waals surface area contributed by atoms with E-state index in [1.165, 1.54) is 0 Å². The third-order valence-corrected chi connectivity index (χ3v) is 5.78. The van der Waals surface area contributed by atoms with Gasteiger partial charge in [-0.15, -0.1) is 0 Å². The predicted octanol–water partition coefficient (Wildman–Crippen LogP) is 3.90. The summed E-state index contributed by atoms with van der Waals surface area (Å²) in [6.45, 7) is 3.64. The zero-order valence-corrected chi connectivity index (χ0v) is 17.5. The minimum Gasteiger partial charge on any atom is -0.393 e. The normalized spacial score (nSPS) is 16.5. The van der Waals surface area contributed by atoms with Crippen molar-refractivity contribution in [2.75, 3.05) is 13.1 Å². The van der Waals surface area contributed by atoms with E-state index >= 15 is 0 Å². The van der Waals surface area contributed by atoms with Crippen molar-refractivity contribution in [1.82, 2.24) is 10.1 Å². The summed E-state index contributed by atoms with van der Waals surface area (Å²) in [6, 6.07) is 16.6. The maximum atomic E-state index is 14.7. The third-order valence-electron chi connectivity index (χ3n) is 5.78. The van der Waals surface area contributed by atoms with Crippen LogP contribution >= 0.6 is 0 Å². The summed E-state index contributed by atoms with van der Waals surface area (Å²) < 4.78 is 20.2. The van der Waals surface area contributed by atoms with Crippen molar-refractivity contribution < 1.29 is 14.0 Å². The number of piperidine rings is 1. The second kappa shape index (κ2) is 9.31. The maximum absolute atomic E-state index is 14.7. The molecule has 0 radical (unpaired) electrons. The average Bonchev–Trinajstić information content (AvgIpc) is 3.27. The highest BCUT2D eigenvalue weighted by molar-refractivity contribution is 5.78. The molecule has 1 unspecified atom stereocenters. The molecule has 7 heteroatoms. The third kappa shape index (κ3) is 4.94. The highest BCUT2D eigenvalue weighted by atomic mass is 19.1. The number of aliphatic hydroxyl groups excluding tert-OH is 1. The molecule has 0 aliphatic carbocycles. The maximum Gasteiger partial charge on any atom is 0.191 e. The molecule has 1 atom stereocenters. The minimum atomic E-state index is -0.261. The molecule has 3 N–H and O–H groups in total. The summed E-state index contributed by atoms with van der Waals surface area (Å²) in [6.07, 6.45) is 1.13. The molecule has 2 heterocycles. The van der Waals surface area contributed by atoms with Gasteiger partial charge < -0.3 is 20.3 Å². The number of halogens is 1. The zero-order chi connectivity index (χ0) is 21.8. The molecule has 2 aromatic carbocycles. The lowest BCUT2D eigenvalue weighted by molar-refractivity contribution is 0.108. The van der Waals surface area contributed by atoms with Gasteiger partial charge in [0.2, 0.25) is 0 Å². The largest absolute Gasteiger partial charge is 0.393 e. The fourth-order valence-electron chi connectivity index (χ4n) is 3.78. The first-order valence-electron chi connectivity index (χ1n) is 10.5. The van der Waals surface area contributed by atoms with Gasteiger partial charge in [0.15, 0.2) is 11.7 Å². The fourth-order valence-corrected chi connectivity index (χ4v) is 3.78. The molecule has 4 rings (SSSR count). The van der Waals surface area contributed by atoms with Gasteiger partial charge >= 0.3 is 0 Å². The van der Waals surface area contributed by atoms with E-state index < -0.39 is 0 Å². The number of hydrogen-bond acceptors (Lipinski definition) is 4. The van der Waals surface area contributed by atoms with Crippen LogP contribution in [0.2, 0.25) is 0 Å². The smallest absolute Gasteiger partial charge is 0.191 e. The van der Waals surface area contributed by atoms with Gasteiger partial charge in [-0.05, 0) is 30.0 Å². The lowest BCUT2D eigenvalue weighted by Crippen LogP contribution is -2.44. The van der Waals surface area contributed by atoms with Crippen LogP contribution in [-0.2, 0) is 6.54 Å². The summed E-state index contributed by atoms with van der Waals surface area (Å²) in [4.78, 5) is 6.35. The SMILES string of the molecule is CC(c1ccc(-c2ccccc2)c(F)c1)c1cc(CN=C(N)N2CCC(O)CC2)on1. The first kappa shape index (κ1) is 21.1. The van der Waals surface area contributed by atoms with Gasteiger partial charge in [0.1, 0.15) is 12.4 Å². The van der Waals surface area contributed by atoms with Crippen molar-refractivity contribution >= 4 is 5.96 Å². The standard InChI is InChI=1S/C24H27FN4O2/c1-16(18-7-8-21(22(25)13-18)17-5-3-2-4-6-17)23-14-20(31-28-23)15-27-24(26)29-11-9-19(30)10-12-29/h2-8,13-14,16,19,30H,9-12,15H2,1H3,(H2,26,27). The molecule has 31 heavy (non-hydrogen) atoms. The van der Waals surface area contributed by atoms with Crippen LogP contribution in [-0.4, -0.2) is 40.3 Å². The number of aliphatic hydroxyl groups is 1. The first-order valence-corrected chi connectivity index (χ1v) is 10.5. The number of nitrogens with zero attached hydrogens (tertiary/aromatic N) is 3. The molecule has 1 saturated heterocycles. The molecule has 1 aromatic heterocycles. The Morgan fingerprint density at radius 3 is 2.68 bits per heavy atom. The van der Waals surface area contributed by atoms with E-state index in [1.807, 2.05) is 54.3 Å². The molecular weight excluding hydrogens is 395 g/mol. The van der Waals surface area contributed by atoms with Gasteiger partial charge in [-0.1, -0.05) is 54.5 Å². The number of likely N-dealkylation sites (tertiary alicyclic amines) is 1. The van der Waals surface area contributed by atoms with Crippen molar-refractivity contribution in [3.8, 4) is 11.1 Å². The molecule has 0 spiro atoms. The number of aromatic nitrogens is 1. The number of hydrogen-bond donors (Lipinski definition) is 2. The Morgan fingerprint density at radius 2 is 1.97 bits per heavy atom. The van der Waals surface area contributed by atoms with Gasteiger partial charge in [-0.2, -0.15) is 0 Å². The van der Waals surface area contributed by atoms with Crippen molar-refractivity contribution in [2.24, 2.45) is 10.7 Å². The number of rotatable bonds is 5. The molecule has 6 nitrogen and oxygen atoms in total. The van der Waals surface area contributed by atoms with E-state index in [-0.39, 0.29) is 24.4 Å². The molecule has 162 valence electrons. The zero-order valence-electron chi connectivity index (χ0n) is 17.5. The van der Waals surface area contributed by atoms with Crippen molar-refractivity contribution in [1.29, 1.82) is 0 Å². The molecular formula is C24H27FN4O2. The summed E-state index contributed by atoms with van der Waals surface area (Å²) in [5.74, 6) is 0.657. The first-order chi connectivity index (χ1) is 15.0. The van der Waals surface area contributed by atoms with E-state index in [4.69, 9.17) is 10.3 Å². The number of benzene rings is 2. The van der Waals surface area contributed by atoms with Crippen molar-refractivity contribution in [2.45, 2.75) is 38.3 Å². The molecule has 0 saturated carbocycles. The van der Waals surface area contributed by atoms with Crippen molar-refractivity contribution in [3.63, 3.8) is 0 Å². The van der Waals surface area contributed by atoms with Crippen LogP contribution in [0.25, 0.3) is 11.1 Å². The lowest BCUT2D eigenvalue weighted by atomic mass is 9.94. The molecule has 1 aliphatic heterocycles. The number of guanidine groups is 1. The Morgan fingerprint density at radius 1 is 1.23 bits per heavy atom. The van der Waals surface area contributed by atoms with Gasteiger partial charge in [0.05, 0.1) is 11.8 Å². The molecule has 0 amide bonds. The van der Waals surface area contributed by atoms with E-state index in [9.17, 15) is 9.50 Å². The number of aliphatic imine (C=N–C) groups is 1. The Balaban J connectivity index is 1.43. The second-order valence-corrected chi connectivity index (χ2v) is 7.94. The van der Waals surface area contributed by atoms with Crippen LogP contribution in [0, 0.1) is 5.82 Å². The predicted molar refractivity (Wildman–Crippen MR) is 118 cm³/mol.